The fourth-order valence-electron chi connectivity index (χ4n) is 2.62. The van der Waals surface area contributed by atoms with Crippen LogP contribution in [0.2, 0.25) is 0 Å². The van der Waals surface area contributed by atoms with Crippen LogP contribution in [0.5, 0.6) is 0 Å². The lowest BCUT2D eigenvalue weighted by Gasteiger charge is -2.16. The van der Waals surface area contributed by atoms with Crippen LogP contribution in [0.25, 0.3) is 0 Å². The van der Waals surface area contributed by atoms with E-state index in [0.29, 0.717) is 0 Å². The lowest BCUT2D eigenvalue weighted by Crippen LogP contribution is -2.13. The number of hydrogen-bond donors (Lipinski definition) is 0. The van der Waals surface area contributed by atoms with Crippen molar-refractivity contribution in [3.8, 4) is 0 Å². The van der Waals surface area contributed by atoms with Crippen molar-refractivity contribution in [1.29, 1.82) is 0 Å². The summed E-state index contributed by atoms with van der Waals surface area (Å²) >= 11 is 0. The lowest BCUT2D eigenvalue weighted by atomic mass is 10.2. The van der Waals surface area contributed by atoms with Crippen molar-refractivity contribution in [2.75, 3.05) is 0 Å². The molecule has 7 heteroatoms. The molecule has 0 fully saturated rings. The maximum absolute atomic E-state index is 15.5. The van der Waals surface area contributed by atoms with Gasteiger partial charge in [-0.05, 0) is 38.1 Å². The molecule has 0 N–H and O–H groups in total. The first-order valence-electron chi connectivity index (χ1n) is 8.57. The maximum atomic E-state index is 15.5. The summed E-state index contributed by atoms with van der Waals surface area (Å²) in [7, 11) is -8.29. The molecular formula is C21H20FNO3S2. The second kappa shape index (κ2) is 7.85. The van der Waals surface area contributed by atoms with Gasteiger partial charge in [0.2, 0.25) is 5.50 Å². The van der Waals surface area contributed by atoms with Crippen molar-refractivity contribution < 1.29 is 17.0 Å². The van der Waals surface area contributed by atoms with Gasteiger partial charge in [0, 0.05) is 5.56 Å². The summed E-state index contributed by atoms with van der Waals surface area (Å²) in [5.41, 5.74) is -0.213. The van der Waals surface area contributed by atoms with Crippen LogP contribution < -0.4 is 0 Å². The Kier molecular flexibility index (Phi) is 5.67. The molecule has 0 saturated carbocycles. The van der Waals surface area contributed by atoms with Crippen molar-refractivity contribution in [3.63, 3.8) is 0 Å². The van der Waals surface area contributed by atoms with Crippen LogP contribution in [-0.4, -0.2) is 12.6 Å². The number of halogens is 1. The highest BCUT2D eigenvalue weighted by atomic mass is 32.3. The minimum atomic E-state index is -4.33. The second-order valence-electron chi connectivity index (χ2n) is 6.47. The Morgan fingerprint density at radius 3 is 1.75 bits per heavy atom. The van der Waals surface area contributed by atoms with Crippen LogP contribution >= 0.6 is 0 Å². The number of sulfonamides is 1. The van der Waals surface area contributed by atoms with E-state index in [0.717, 1.165) is 11.1 Å². The molecule has 2 atom stereocenters. The smallest absolute Gasteiger partial charge is 0.240 e. The minimum Gasteiger partial charge on any atom is -0.240 e. The standard InChI is InChI=1S/C21H20FNO3S2/c1-16-8-12-18(13-9-16)21(22)27(24,19-6-4-3-5-7-19)23-28(25,26)20-14-10-17(2)11-15-20/h3-15,21H,1-2H3/t21-,27+/m1/s1. The van der Waals surface area contributed by atoms with Crippen LogP contribution in [0.4, 0.5) is 4.39 Å². The van der Waals surface area contributed by atoms with E-state index >= 15 is 4.39 Å². The first-order valence-corrected chi connectivity index (χ1v) is 11.6. The minimum absolute atomic E-state index is 0.0266. The van der Waals surface area contributed by atoms with Crippen LogP contribution in [0.3, 0.4) is 0 Å². The number of nitrogens with zero attached hydrogens (tertiary/aromatic N) is 1. The van der Waals surface area contributed by atoms with E-state index in [2.05, 4.69) is 3.77 Å². The third-order valence-electron chi connectivity index (χ3n) is 4.23. The van der Waals surface area contributed by atoms with Gasteiger partial charge in [-0.2, -0.15) is 8.42 Å². The molecular weight excluding hydrogens is 397 g/mol. The molecule has 0 aliphatic carbocycles. The lowest BCUT2D eigenvalue weighted by molar-refractivity contribution is 0.450. The number of rotatable bonds is 5. The fourth-order valence-corrected chi connectivity index (χ4v) is 6.57. The zero-order valence-electron chi connectivity index (χ0n) is 15.4. The molecule has 0 amide bonds. The number of aryl methyl sites for hydroxylation is 2. The Balaban J connectivity index is 2.22. The molecule has 0 unspecified atom stereocenters. The summed E-state index contributed by atoms with van der Waals surface area (Å²) < 4.78 is 58.4. The van der Waals surface area contributed by atoms with Gasteiger partial charge in [0.25, 0.3) is 10.0 Å². The van der Waals surface area contributed by atoms with E-state index in [1.165, 1.54) is 36.4 Å². The number of hydrogen-bond acceptors (Lipinski definition) is 3. The van der Waals surface area contributed by atoms with E-state index in [1.807, 2.05) is 13.8 Å². The molecule has 0 heterocycles. The van der Waals surface area contributed by atoms with Gasteiger partial charge in [-0.15, -0.1) is 0 Å². The Morgan fingerprint density at radius 2 is 1.21 bits per heavy atom. The molecule has 0 aliphatic rings. The first kappa shape index (κ1) is 20.2. The van der Waals surface area contributed by atoms with Crippen LogP contribution in [0.15, 0.2) is 92.4 Å². The van der Waals surface area contributed by atoms with Gasteiger partial charge in [-0.25, -0.2) is 8.60 Å². The summed E-state index contributed by atoms with van der Waals surface area (Å²) in [6.45, 7) is 3.66. The first-order chi connectivity index (χ1) is 13.2. The van der Waals surface area contributed by atoms with Crippen molar-refractivity contribution in [1.82, 2.24) is 0 Å². The van der Waals surface area contributed by atoms with E-state index in [4.69, 9.17) is 0 Å². The monoisotopic (exact) mass is 417 g/mol. The molecule has 28 heavy (non-hydrogen) atoms. The van der Waals surface area contributed by atoms with Crippen molar-refractivity contribution in [3.05, 3.63) is 95.6 Å². The molecule has 4 nitrogen and oxygen atoms in total. The normalized spacial score (nSPS) is 14.8. The zero-order valence-corrected chi connectivity index (χ0v) is 17.1. The molecule has 0 aliphatic heterocycles. The highest BCUT2D eigenvalue weighted by molar-refractivity contribution is 8.03. The van der Waals surface area contributed by atoms with E-state index in [9.17, 15) is 12.6 Å². The summed E-state index contributed by atoms with van der Waals surface area (Å²) in [6.07, 6.45) is 0. The van der Waals surface area contributed by atoms with Gasteiger partial charge >= 0.3 is 0 Å². The van der Waals surface area contributed by atoms with Gasteiger partial charge in [-0.1, -0.05) is 69.5 Å². The Hall–Kier alpha value is -2.51. The molecule has 0 bridgehead atoms. The van der Waals surface area contributed by atoms with Gasteiger partial charge in [0.15, 0.2) is 0 Å². The molecule has 0 radical (unpaired) electrons. The van der Waals surface area contributed by atoms with Crippen molar-refractivity contribution >= 4 is 19.8 Å². The molecule has 0 spiro atoms. The number of benzene rings is 3. The van der Waals surface area contributed by atoms with Crippen molar-refractivity contribution in [2.24, 2.45) is 3.77 Å². The van der Waals surface area contributed by atoms with E-state index < -0.39 is 25.3 Å². The van der Waals surface area contributed by atoms with Gasteiger partial charge < -0.3 is 0 Å². The molecule has 3 aromatic rings. The fraction of sp³-hybridized carbons (Fsp3) is 0.143. The van der Waals surface area contributed by atoms with Crippen LogP contribution in [-0.2, 0) is 19.8 Å². The highest BCUT2D eigenvalue weighted by Gasteiger charge is 2.30. The van der Waals surface area contributed by atoms with Gasteiger partial charge in [-0.3, -0.25) is 0 Å². The maximum Gasteiger partial charge on any atom is 0.290 e. The Labute approximate surface area is 165 Å². The predicted octanol–water partition coefficient (Wildman–Crippen LogP) is 5.19. The van der Waals surface area contributed by atoms with Gasteiger partial charge in [0.05, 0.1) is 9.79 Å². The highest BCUT2D eigenvalue weighted by Crippen LogP contribution is 2.34. The third-order valence-corrected chi connectivity index (χ3v) is 8.55. The van der Waals surface area contributed by atoms with Gasteiger partial charge in [0.1, 0.15) is 9.73 Å². The SMILES string of the molecule is Cc1ccc([C@H](F)[S@](=O)(=NS(=O)(=O)c2ccc(C)cc2)c2ccccc2)cc1. The average molecular weight is 418 g/mol. The summed E-state index contributed by atoms with van der Waals surface area (Å²) in [5.74, 6) is 0. The zero-order chi connectivity index (χ0) is 20.4. The Morgan fingerprint density at radius 1 is 0.714 bits per heavy atom. The number of alkyl halides is 1. The van der Waals surface area contributed by atoms with E-state index in [1.54, 1.807) is 42.5 Å². The average Bonchev–Trinajstić information content (AvgIpc) is 2.68. The summed E-state index contributed by atoms with van der Waals surface area (Å²) in [4.78, 5) is -0.100. The quantitative estimate of drug-likeness (QED) is 0.574. The predicted molar refractivity (Wildman–Crippen MR) is 109 cm³/mol. The summed E-state index contributed by atoms with van der Waals surface area (Å²) in [6, 6.07) is 20.0. The second-order valence-corrected chi connectivity index (χ2v) is 10.5. The van der Waals surface area contributed by atoms with Crippen LogP contribution in [0.1, 0.15) is 22.2 Å². The van der Waals surface area contributed by atoms with Crippen molar-refractivity contribution in [2.45, 2.75) is 29.1 Å². The Bertz CT molecular complexity index is 1180. The summed E-state index contributed by atoms with van der Waals surface area (Å²) in [5, 5.41) is 0. The molecule has 0 saturated heterocycles. The van der Waals surface area contributed by atoms with E-state index in [-0.39, 0.29) is 15.4 Å². The largest absolute Gasteiger partial charge is 0.290 e. The molecule has 0 aromatic heterocycles. The molecule has 146 valence electrons. The van der Waals surface area contributed by atoms with Crippen LogP contribution in [0, 0.1) is 13.8 Å². The third kappa shape index (κ3) is 4.15. The molecule has 3 rings (SSSR count). The topological polar surface area (TPSA) is 63.6 Å². The molecule has 3 aromatic carbocycles.